The Morgan fingerprint density at radius 1 is 1.39 bits per heavy atom. The molecule has 1 aromatic rings. The van der Waals surface area contributed by atoms with Gasteiger partial charge in [0.1, 0.15) is 0 Å². The third-order valence-corrected chi connectivity index (χ3v) is 2.49. The van der Waals surface area contributed by atoms with Crippen LogP contribution in [-0.2, 0) is 4.74 Å². The molecule has 3 N–H and O–H groups in total. The molecule has 0 aliphatic carbocycles. The second kappa shape index (κ2) is 7.68. The number of benzene rings is 1. The molecule has 0 saturated heterocycles. The molecule has 18 heavy (non-hydrogen) atoms. The molecule has 0 heterocycles. The molecule has 100 valence electrons. The minimum absolute atomic E-state index is 0.0127. The van der Waals surface area contributed by atoms with E-state index in [2.05, 4.69) is 10.6 Å². The number of aliphatic hydroxyl groups excluding tert-OH is 1. The van der Waals surface area contributed by atoms with E-state index >= 15 is 0 Å². The Hall–Kier alpha value is -1.59. The van der Waals surface area contributed by atoms with Crippen LogP contribution in [-0.4, -0.2) is 37.5 Å². The summed E-state index contributed by atoms with van der Waals surface area (Å²) in [5.41, 5.74) is 1.87. The Morgan fingerprint density at radius 3 is 2.61 bits per heavy atom. The summed E-state index contributed by atoms with van der Waals surface area (Å²) in [6.45, 7) is 2.38. The summed E-state index contributed by atoms with van der Waals surface area (Å²) in [6, 6.07) is 7.05. The average Bonchev–Trinajstić information content (AvgIpc) is 2.33. The van der Waals surface area contributed by atoms with Crippen molar-refractivity contribution in [3.63, 3.8) is 0 Å². The van der Waals surface area contributed by atoms with Crippen molar-refractivity contribution in [2.75, 3.05) is 25.6 Å². The van der Waals surface area contributed by atoms with Gasteiger partial charge in [-0.05, 0) is 25.5 Å². The fourth-order valence-corrected chi connectivity index (χ4v) is 1.54. The predicted molar refractivity (Wildman–Crippen MR) is 70.7 cm³/mol. The summed E-state index contributed by atoms with van der Waals surface area (Å²) in [7, 11) is 1.56. The molecule has 1 aromatic carbocycles. The van der Waals surface area contributed by atoms with Crippen LogP contribution in [0.2, 0.25) is 0 Å². The molecule has 0 spiro atoms. The molecule has 0 bridgehead atoms. The molecule has 5 heteroatoms. The maximum atomic E-state index is 11.7. The van der Waals surface area contributed by atoms with E-state index in [4.69, 9.17) is 9.84 Å². The van der Waals surface area contributed by atoms with Gasteiger partial charge in [0.25, 0.3) is 0 Å². The Morgan fingerprint density at radius 2 is 2.06 bits per heavy atom. The van der Waals surface area contributed by atoms with Crippen molar-refractivity contribution in [2.24, 2.45) is 0 Å². The lowest BCUT2D eigenvalue weighted by Gasteiger charge is -2.17. The number of anilines is 1. The first kappa shape index (κ1) is 14.5. The van der Waals surface area contributed by atoms with Crippen molar-refractivity contribution in [1.29, 1.82) is 0 Å². The lowest BCUT2D eigenvalue weighted by Crippen LogP contribution is -2.41. The predicted octanol–water partition coefficient (Wildman–Crippen LogP) is 1.51. The van der Waals surface area contributed by atoms with Gasteiger partial charge in [-0.1, -0.05) is 17.7 Å². The van der Waals surface area contributed by atoms with E-state index in [0.29, 0.717) is 13.0 Å². The third-order valence-electron chi connectivity index (χ3n) is 2.49. The van der Waals surface area contributed by atoms with Crippen molar-refractivity contribution in [3.8, 4) is 0 Å². The van der Waals surface area contributed by atoms with Crippen LogP contribution in [0.5, 0.6) is 0 Å². The number of amides is 2. The molecule has 1 rings (SSSR count). The lowest BCUT2D eigenvalue weighted by molar-refractivity contribution is 0.151. The molecule has 0 fully saturated rings. The molecule has 0 aliphatic heterocycles. The highest BCUT2D eigenvalue weighted by Crippen LogP contribution is 2.08. The number of aryl methyl sites for hydroxylation is 1. The molecule has 0 saturated carbocycles. The van der Waals surface area contributed by atoms with Gasteiger partial charge >= 0.3 is 6.03 Å². The first-order valence-electron chi connectivity index (χ1n) is 5.89. The largest absolute Gasteiger partial charge is 0.396 e. The number of methoxy groups -OCH3 is 1. The zero-order valence-electron chi connectivity index (χ0n) is 10.8. The number of rotatable bonds is 6. The highest BCUT2D eigenvalue weighted by atomic mass is 16.5. The second-order valence-electron chi connectivity index (χ2n) is 4.13. The maximum Gasteiger partial charge on any atom is 0.319 e. The number of carbonyl (C=O) groups excluding carboxylic acids is 1. The molecule has 2 amide bonds. The van der Waals surface area contributed by atoms with Crippen LogP contribution in [0.15, 0.2) is 24.3 Å². The van der Waals surface area contributed by atoms with Gasteiger partial charge < -0.3 is 20.5 Å². The Labute approximate surface area is 107 Å². The van der Waals surface area contributed by atoms with E-state index in [1.54, 1.807) is 7.11 Å². The Kier molecular flexibility index (Phi) is 6.18. The Balaban J connectivity index is 2.46. The van der Waals surface area contributed by atoms with Crippen LogP contribution in [0.3, 0.4) is 0 Å². The van der Waals surface area contributed by atoms with Crippen LogP contribution < -0.4 is 10.6 Å². The fourth-order valence-electron chi connectivity index (χ4n) is 1.54. The normalized spacial score (nSPS) is 11.9. The van der Waals surface area contributed by atoms with Crippen LogP contribution in [0.4, 0.5) is 10.5 Å². The van der Waals surface area contributed by atoms with Gasteiger partial charge in [-0.3, -0.25) is 0 Å². The quantitative estimate of drug-likeness (QED) is 0.718. The molecule has 0 aromatic heterocycles. The van der Waals surface area contributed by atoms with Crippen molar-refractivity contribution >= 4 is 11.7 Å². The van der Waals surface area contributed by atoms with Gasteiger partial charge in [0.2, 0.25) is 0 Å². The molecular weight excluding hydrogens is 232 g/mol. The number of urea groups is 1. The molecule has 0 radical (unpaired) electrons. The summed E-state index contributed by atoms with van der Waals surface area (Å²) in [4.78, 5) is 11.7. The third kappa shape index (κ3) is 5.16. The van der Waals surface area contributed by atoms with Crippen LogP contribution in [0.25, 0.3) is 0 Å². The van der Waals surface area contributed by atoms with E-state index in [-0.39, 0.29) is 18.7 Å². The van der Waals surface area contributed by atoms with E-state index in [1.807, 2.05) is 31.2 Å². The molecule has 1 unspecified atom stereocenters. The standard InChI is InChI=1S/C13H20N2O3/c1-10-3-5-11(6-4-10)14-13(17)15-12(7-8-16)9-18-2/h3-6,12,16H,7-9H2,1-2H3,(H2,14,15,17). The summed E-state index contributed by atoms with van der Waals surface area (Å²) in [5.74, 6) is 0. The average molecular weight is 252 g/mol. The monoisotopic (exact) mass is 252 g/mol. The van der Waals surface area contributed by atoms with Crippen molar-refractivity contribution < 1.29 is 14.6 Å². The maximum absolute atomic E-state index is 11.7. The van der Waals surface area contributed by atoms with E-state index in [1.165, 1.54) is 0 Å². The second-order valence-corrected chi connectivity index (χ2v) is 4.13. The number of carbonyl (C=O) groups is 1. The van der Waals surface area contributed by atoms with Crippen LogP contribution in [0, 0.1) is 6.92 Å². The molecular formula is C13H20N2O3. The minimum atomic E-state index is -0.297. The molecule has 5 nitrogen and oxygen atoms in total. The van der Waals surface area contributed by atoms with Crippen molar-refractivity contribution in [1.82, 2.24) is 5.32 Å². The summed E-state index contributed by atoms with van der Waals surface area (Å²) >= 11 is 0. The van der Waals surface area contributed by atoms with Gasteiger partial charge in [-0.2, -0.15) is 0 Å². The number of hydrogen-bond acceptors (Lipinski definition) is 3. The number of nitrogens with one attached hydrogen (secondary N) is 2. The lowest BCUT2D eigenvalue weighted by atomic mass is 10.2. The van der Waals surface area contributed by atoms with Crippen molar-refractivity contribution in [3.05, 3.63) is 29.8 Å². The number of hydrogen-bond donors (Lipinski definition) is 3. The fraction of sp³-hybridized carbons (Fsp3) is 0.462. The van der Waals surface area contributed by atoms with Crippen LogP contribution in [0.1, 0.15) is 12.0 Å². The highest BCUT2D eigenvalue weighted by molar-refractivity contribution is 5.89. The zero-order chi connectivity index (χ0) is 13.4. The Bertz CT molecular complexity index is 359. The van der Waals surface area contributed by atoms with E-state index < -0.39 is 0 Å². The SMILES string of the molecule is COCC(CCO)NC(=O)Nc1ccc(C)cc1. The summed E-state index contributed by atoms with van der Waals surface area (Å²) in [5, 5.41) is 14.3. The van der Waals surface area contributed by atoms with Gasteiger partial charge in [0, 0.05) is 19.4 Å². The van der Waals surface area contributed by atoms with Gasteiger partial charge in [-0.25, -0.2) is 4.79 Å². The molecule has 1 atom stereocenters. The summed E-state index contributed by atoms with van der Waals surface area (Å²) in [6.07, 6.45) is 0.467. The topological polar surface area (TPSA) is 70.6 Å². The van der Waals surface area contributed by atoms with E-state index in [0.717, 1.165) is 11.3 Å². The van der Waals surface area contributed by atoms with Gasteiger partial charge in [0.15, 0.2) is 0 Å². The van der Waals surface area contributed by atoms with Gasteiger partial charge in [0.05, 0.1) is 12.6 Å². The number of ether oxygens (including phenoxy) is 1. The first-order chi connectivity index (χ1) is 8.65. The number of aliphatic hydroxyl groups is 1. The zero-order valence-corrected chi connectivity index (χ0v) is 10.8. The van der Waals surface area contributed by atoms with E-state index in [9.17, 15) is 4.79 Å². The van der Waals surface area contributed by atoms with Gasteiger partial charge in [-0.15, -0.1) is 0 Å². The first-order valence-corrected chi connectivity index (χ1v) is 5.89. The van der Waals surface area contributed by atoms with Crippen molar-refractivity contribution in [2.45, 2.75) is 19.4 Å². The highest BCUT2D eigenvalue weighted by Gasteiger charge is 2.11. The summed E-state index contributed by atoms with van der Waals surface area (Å²) < 4.78 is 4.97. The molecule has 0 aliphatic rings. The van der Waals surface area contributed by atoms with Crippen LogP contribution >= 0.6 is 0 Å². The minimum Gasteiger partial charge on any atom is -0.396 e. The smallest absolute Gasteiger partial charge is 0.319 e.